The van der Waals surface area contributed by atoms with E-state index in [1.807, 2.05) is 18.2 Å². The summed E-state index contributed by atoms with van der Waals surface area (Å²) in [6.07, 6.45) is -1.88. The van der Waals surface area contributed by atoms with Crippen LogP contribution >= 0.6 is 0 Å². The second kappa shape index (κ2) is 6.53. The largest absolute Gasteiger partial charge is 0.416 e. The van der Waals surface area contributed by atoms with E-state index in [-0.39, 0.29) is 12.0 Å². The zero-order chi connectivity index (χ0) is 19.0. The molecular formula is C19H16F3N5. The summed E-state index contributed by atoms with van der Waals surface area (Å²) in [4.78, 5) is 6.57. The molecule has 1 aliphatic rings. The third-order valence-corrected chi connectivity index (χ3v) is 4.47. The average molecular weight is 371 g/mol. The Kier molecular flexibility index (Phi) is 4.18. The summed E-state index contributed by atoms with van der Waals surface area (Å²) >= 11 is 0. The van der Waals surface area contributed by atoms with Crippen molar-refractivity contribution in [2.24, 2.45) is 0 Å². The van der Waals surface area contributed by atoms with Crippen molar-refractivity contribution in [1.82, 2.24) is 15.2 Å². The van der Waals surface area contributed by atoms with Crippen LogP contribution in [0.5, 0.6) is 0 Å². The van der Waals surface area contributed by atoms with Crippen molar-refractivity contribution in [3.8, 4) is 0 Å². The molecule has 0 saturated carbocycles. The van der Waals surface area contributed by atoms with E-state index in [0.29, 0.717) is 11.5 Å². The lowest BCUT2D eigenvalue weighted by molar-refractivity contribution is -0.137. The van der Waals surface area contributed by atoms with E-state index < -0.39 is 11.7 Å². The lowest BCUT2D eigenvalue weighted by Crippen LogP contribution is -2.25. The van der Waals surface area contributed by atoms with E-state index >= 15 is 0 Å². The number of para-hydroxylation sites is 1. The molecule has 2 heterocycles. The molecule has 1 N–H and O–H groups in total. The Bertz CT molecular complexity index is 956. The summed E-state index contributed by atoms with van der Waals surface area (Å²) in [7, 11) is 0. The Labute approximate surface area is 153 Å². The number of aromatic nitrogens is 3. The molecule has 2 aromatic carbocycles. The summed E-state index contributed by atoms with van der Waals surface area (Å²) in [5, 5.41) is 10.8. The molecule has 0 amide bonds. The molecule has 1 atom stereocenters. The molecule has 138 valence electrons. The molecule has 0 radical (unpaired) electrons. The second-order valence-corrected chi connectivity index (χ2v) is 6.39. The number of fused-ring (bicyclic) bond motifs is 1. The number of benzene rings is 2. The van der Waals surface area contributed by atoms with Gasteiger partial charge in [0, 0.05) is 17.4 Å². The molecule has 27 heavy (non-hydrogen) atoms. The molecule has 3 aromatic rings. The van der Waals surface area contributed by atoms with E-state index in [9.17, 15) is 13.2 Å². The van der Waals surface area contributed by atoms with E-state index in [4.69, 9.17) is 0 Å². The maximum Gasteiger partial charge on any atom is 0.416 e. The Hall–Kier alpha value is -3.16. The molecule has 0 aliphatic carbocycles. The standard InChI is InChI=1S/C19H16F3N5/c1-12-10-13-4-2-3-5-16(13)27(12)17-11-23-26-18(25-17)24-15-8-6-14(7-9-15)19(20,21)22/h2-9,11-12H,10H2,1H3,(H,24,25,26). The minimum atomic E-state index is -4.37. The first kappa shape index (κ1) is 17.3. The lowest BCUT2D eigenvalue weighted by atomic mass is 10.1. The Morgan fingerprint density at radius 2 is 1.81 bits per heavy atom. The predicted octanol–water partition coefficient (Wildman–Crippen LogP) is 4.72. The van der Waals surface area contributed by atoms with Crippen LogP contribution in [0.4, 0.5) is 36.3 Å². The highest BCUT2D eigenvalue weighted by molar-refractivity contribution is 5.69. The highest BCUT2D eigenvalue weighted by Gasteiger charge is 2.30. The summed E-state index contributed by atoms with van der Waals surface area (Å²) in [6.45, 7) is 2.10. The van der Waals surface area contributed by atoms with Gasteiger partial charge < -0.3 is 10.2 Å². The molecule has 0 saturated heterocycles. The molecule has 5 nitrogen and oxygen atoms in total. The minimum absolute atomic E-state index is 0.220. The van der Waals surface area contributed by atoms with Crippen molar-refractivity contribution < 1.29 is 13.2 Å². The van der Waals surface area contributed by atoms with Gasteiger partial charge in [0.25, 0.3) is 0 Å². The van der Waals surface area contributed by atoms with Gasteiger partial charge in [-0.25, -0.2) is 0 Å². The van der Waals surface area contributed by atoms with E-state index in [2.05, 4.69) is 38.4 Å². The van der Waals surface area contributed by atoms with E-state index in [1.165, 1.54) is 17.7 Å². The Morgan fingerprint density at radius 3 is 2.56 bits per heavy atom. The number of nitrogens with zero attached hydrogens (tertiary/aromatic N) is 4. The first-order valence-corrected chi connectivity index (χ1v) is 8.43. The summed E-state index contributed by atoms with van der Waals surface area (Å²) in [6, 6.07) is 13.0. The fourth-order valence-electron chi connectivity index (χ4n) is 3.25. The van der Waals surface area contributed by atoms with Crippen molar-refractivity contribution in [3.63, 3.8) is 0 Å². The van der Waals surface area contributed by atoms with Crippen LogP contribution in [-0.2, 0) is 12.6 Å². The SMILES string of the molecule is CC1Cc2ccccc2N1c1cnnc(Nc2ccc(C(F)(F)F)cc2)n1. The Morgan fingerprint density at radius 1 is 1.07 bits per heavy atom. The number of nitrogens with one attached hydrogen (secondary N) is 1. The van der Waals surface area contributed by atoms with Gasteiger partial charge in [-0.05, 0) is 49.2 Å². The topological polar surface area (TPSA) is 53.9 Å². The monoisotopic (exact) mass is 371 g/mol. The number of hydrogen-bond donors (Lipinski definition) is 1. The summed E-state index contributed by atoms with van der Waals surface area (Å²) in [5.41, 5.74) is 2.06. The maximum absolute atomic E-state index is 12.7. The first-order chi connectivity index (χ1) is 12.9. The summed E-state index contributed by atoms with van der Waals surface area (Å²) < 4.78 is 38.0. The van der Waals surface area contributed by atoms with Gasteiger partial charge in [0.2, 0.25) is 5.95 Å². The maximum atomic E-state index is 12.7. The van der Waals surface area contributed by atoms with Crippen LogP contribution in [0, 0.1) is 0 Å². The van der Waals surface area contributed by atoms with Gasteiger partial charge in [0.1, 0.15) is 0 Å². The molecule has 1 unspecified atom stereocenters. The third-order valence-electron chi connectivity index (χ3n) is 4.47. The molecule has 4 rings (SSSR count). The van der Waals surface area contributed by atoms with Crippen molar-refractivity contribution in [2.45, 2.75) is 25.6 Å². The minimum Gasteiger partial charge on any atom is -0.323 e. The third kappa shape index (κ3) is 3.42. The van der Waals surface area contributed by atoms with E-state index in [1.54, 1.807) is 6.20 Å². The van der Waals surface area contributed by atoms with Gasteiger partial charge in [-0.2, -0.15) is 23.3 Å². The Balaban J connectivity index is 1.58. The molecule has 0 fully saturated rings. The number of rotatable bonds is 3. The van der Waals surface area contributed by atoms with Crippen LogP contribution in [0.3, 0.4) is 0 Å². The number of halogens is 3. The van der Waals surface area contributed by atoms with Crippen molar-refractivity contribution in [2.75, 3.05) is 10.2 Å². The first-order valence-electron chi connectivity index (χ1n) is 8.43. The zero-order valence-electron chi connectivity index (χ0n) is 14.4. The van der Waals surface area contributed by atoms with Crippen LogP contribution in [0.1, 0.15) is 18.1 Å². The fourth-order valence-corrected chi connectivity index (χ4v) is 3.25. The molecule has 0 bridgehead atoms. The second-order valence-electron chi connectivity index (χ2n) is 6.39. The van der Waals surface area contributed by atoms with Gasteiger partial charge in [0.05, 0.1) is 11.8 Å². The zero-order valence-corrected chi connectivity index (χ0v) is 14.4. The normalized spacial score (nSPS) is 16.3. The van der Waals surface area contributed by atoms with Crippen LogP contribution in [0.2, 0.25) is 0 Å². The van der Waals surface area contributed by atoms with Gasteiger partial charge in [-0.1, -0.05) is 18.2 Å². The van der Waals surface area contributed by atoms with Crippen LogP contribution in [-0.4, -0.2) is 21.2 Å². The quantitative estimate of drug-likeness (QED) is 0.722. The van der Waals surface area contributed by atoms with Crippen LogP contribution in [0.15, 0.2) is 54.7 Å². The van der Waals surface area contributed by atoms with Crippen molar-refractivity contribution >= 4 is 23.1 Å². The fraction of sp³-hybridized carbons (Fsp3) is 0.211. The summed E-state index contributed by atoms with van der Waals surface area (Å²) in [5.74, 6) is 0.862. The number of anilines is 4. The average Bonchev–Trinajstić information content (AvgIpc) is 2.97. The molecule has 8 heteroatoms. The van der Waals surface area contributed by atoms with Gasteiger partial charge in [-0.3, -0.25) is 0 Å². The highest BCUT2D eigenvalue weighted by Crippen LogP contribution is 2.37. The molecular weight excluding hydrogens is 355 g/mol. The van der Waals surface area contributed by atoms with Crippen LogP contribution < -0.4 is 10.2 Å². The van der Waals surface area contributed by atoms with E-state index in [0.717, 1.165) is 24.2 Å². The highest BCUT2D eigenvalue weighted by atomic mass is 19.4. The number of hydrogen-bond acceptors (Lipinski definition) is 5. The molecule has 0 spiro atoms. The smallest absolute Gasteiger partial charge is 0.323 e. The van der Waals surface area contributed by atoms with Crippen LogP contribution in [0.25, 0.3) is 0 Å². The van der Waals surface area contributed by atoms with Crippen molar-refractivity contribution in [3.05, 3.63) is 65.9 Å². The predicted molar refractivity (Wildman–Crippen MR) is 96.3 cm³/mol. The van der Waals surface area contributed by atoms with Gasteiger partial charge in [-0.15, -0.1) is 5.10 Å². The van der Waals surface area contributed by atoms with Crippen molar-refractivity contribution in [1.29, 1.82) is 0 Å². The number of alkyl halides is 3. The lowest BCUT2D eigenvalue weighted by Gasteiger charge is -2.23. The molecule has 1 aliphatic heterocycles. The molecule has 1 aromatic heterocycles. The van der Waals surface area contributed by atoms with Gasteiger partial charge in [0.15, 0.2) is 5.82 Å². The van der Waals surface area contributed by atoms with Gasteiger partial charge >= 0.3 is 6.18 Å².